The molecular formula is C16H9ClN4O2. The van der Waals surface area contributed by atoms with Crippen LogP contribution in [0.15, 0.2) is 53.3 Å². The lowest BCUT2D eigenvalue weighted by Gasteiger charge is -2.02. The number of H-pyrrole nitrogens is 1. The molecule has 4 rings (SSSR count). The molecule has 6 nitrogen and oxygen atoms in total. The molecule has 0 aliphatic rings. The minimum absolute atomic E-state index is 0.0225. The topological polar surface area (TPSA) is 80.1 Å². The third kappa shape index (κ3) is 2.11. The Labute approximate surface area is 134 Å². The molecular weight excluding hydrogens is 316 g/mol. The van der Waals surface area contributed by atoms with Crippen LogP contribution in [0, 0.1) is 0 Å². The zero-order chi connectivity index (χ0) is 16.0. The van der Waals surface area contributed by atoms with E-state index in [9.17, 15) is 9.59 Å². The van der Waals surface area contributed by atoms with E-state index < -0.39 is 5.56 Å². The van der Waals surface area contributed by atoms with Crippen molar-refractivity contribution in [3.8, 4) is 0 Å². The summed E-state index contributed by atoms with van der Waals surface area (Å²) in [7, 11) is 0. The molecule has 0 aliphatic carbocycles. The summed E-state index contributed by atoms with van der Waals surface area (Å²) in [6.45, 7) is 0. The first-order valence-corrected chi connectivity index (χ1v) is 7.19. The van der Waals surface area contributed by atoms with Crippen LogP contribution in [0.2, 0.25) is 5.02 Å². The Kier molecular flexibility index (Phi) is 2.99. The van der Waals surface area contributed by atoms with E-state index >= 15 is 0 Å². The highest BCUT2D eigenvalue weighted by atomic mass is 35.5. The number of nitrogens with zero attached hydrogens (tertiary/aromatic N) is 3. The molecule has 0 fully saturated rings. The van der Waals surface area contributed by atoms with Crippen molar-refractivity contribution in [1.82, 2.24) is 19.8 Å². The molecule has 0 aliphatic heterocycles. The minimum Gasteiger partial charge on any atom is -0.319 e. The third-order valence-electron chi connectivity index (χ3n) is 3.57. The van der Waals surface area contributed by atoms with Gasteiger partial charge < -0.3 is 4.98 Å². The molecule has 0 saturated heterocycles. The Morgan fingerprint density at radius 2 is 1.91 bits per heavy atom. The molecule has 0 bridgehead atoms. The van der Waals surface area contributed by atoms with Crippen LogP contribution < -0.4 is 5.56 Å². The van der Waals surface area contributed by atoms with E-state index in [4.69, 9.17) is 11.6 Å². The third-order valence-corrected chi connectivity index (χ3v) is 3.81. The second kappa shape index (κ2) is 5.03. The minimum atomic E-state index is -0.441. The van der Waals surface area contributed by atoms with E-state index in [1.165, 1.54) is 4.52 Å². The number of ketones is 1. The SMILES string of the molecule is O=C(c1ccccc1)c1nnn2c1c(=O)[nH]c1cc(Cl)ccc12. The summed E-state index contributed by atoms with van der Waals surface area (Å²) in [5.41, 5.74) is 1.29. The van der Waals surface area contributed by atoms with Crippen LogP contribution in [0.5, 0.6) is 0 Å². The summed E-state index contributed by atoms with van der Waals surface area (Å²) in [4.78, 5) is 27.7. The number of aromatic nitrogens is 4. The second-order valence-electron chi connectivity index (χ2n) is 5.01. The standard InChI is InChI=1S/C16H9ClN4O2/c17-10-6-7-12-11(8-10)18-16(23)14-13(19-20-21(12)14)15(22)9-4-2-1-3-5-9/h1-8H,(H,18,23). The van der Waals surface area contributed by atoms with E-state index in [2.05, 4.69) is 15.3 Å². The van der Waals surface area contributed by atoms with E-state index in [1.807, 2.05) is 6.07 Å². The first kappa shape index (κ1) is 13.7. The van der Waals surface area contributed by atoms with Gasteiger partial charge in [0.25, 0.3) is 5.56 Å². The molecule has 2 heterocycles. The number of carbonyl (C=O) groups excluding carboxylic acids is 1. The number of benzene rings is 2. The van der Waals surface area contributed by atoms with Gasteiger partial charge in [-0.3, -0.25) is 9.59 Å². The smallest absolute Gasteiger partial charge is 0.276 e. The van der Waals surface area contributed by atoms with Crippen molar-refractivity contribution in [2.24, 2.45) is 0 Å². The van der Waals surface area contributed by atoms with Crippen LogP contribution in [-0.4, -0.2) is 25.6 Å². The van der Waals surface area contributed by atoms with Gasteiger partial charge in [0.05, 0.1) is 11.0 Å². The van der Waals surface area contributed by atoms with E-state index in [0.29, 0.717) is 21.6 Å². The van der Waals surface area contributed by atoms with Crippen LogP contribution in [-0.2, 0) is 0 Å². The maximum Gasteiger partial charge on any atom is 0.276 e. The lowest BCUT2D eigenvalue weighted by atomic mass is 10.1. The Morgan fingerprint density at radius 3 is 2.70 bits per heavy atom. The highest BCUT2D eigenvalue weighted by molar-refractivity contribution is 6.31. The molecule has 0 amide bonds. The highest BCUT2D eigenvalue weighted by Gasteiger charge is 2.20. The van der Waals surface area contributed by atoms with Crippen molar-refractivity contribution in [3.05, 3.63) is 75.2 Å². The molecule has 0 spiro atoms. The zero-order valence-electron chi connectivity index (χ0n) is 11.7. The average Bonchev–Trinajstić information content (AvgIpc) is 3.00. The van der Waals surface area contributed by atoms with Gasteiger partial charge in [-0.15, -0.1) is 5.10 Å². The monoisotopic (exact) mass is 324 g/mol. The number of carbonyl (C=O) groups is 1. The van der Waals surface area contributed by atoms with Gasteiger partial charge in [0, 0.05) is 10.6 Å². The average molecular weight is 325 g/mol. The van der Waals surface area contributed by atoms with E-state index in [0.717, 1.165) is 0 Å². The second-order valence-corrected chi connectivity index (χ2v) is 5.45. The quantitative estimate of drug-likeness (QED) is 0.574. The van der Waals surface area contributed by atoms with Crippen LogP contribution in [0.1, 0.15) is 16.1 Å². The predicted molar refractivity (Wildman–Crippen MR) is 86.0 cm³/mol. The number of aromatic amines is 1. The molecule has 23 heavy (non-hydrogen) atoms. The van der Waals surface area contributed by atoms with Gasteiger partial charge in [0.15, 0.2) is 11.2 Å². The molecule has 0 atom stereocenters. The number of nitrogens with one attached hydrogen (secondary N) is 1. The summed E-state index contributed by atoms with van der Waals surface area (Å²) >= 11 is 5.94. The van der Waals surface area contributed by atoms with Crippen molar-refractivity contribution < 1.29 is 4.79 Å². The molecule has 0 unspecified atom stereocenters. The van der Waals surface area contributed by atoms with Gasteiger partial charge in [0.2, 0.25) is 5.78 Å². The van der Waals surface area contributed by atoms with Gasteiger partial charge in [-0.2, -0.15) is 0 Å². The normalized spacial score (nSPS) is 11.2. The Bertz CT molecular complexity index is 1120. The fourth-order valence-corrected chi connectivity index (χ4v) is 2.68. The molecule has 0 saturated carbocycles. The Balaban J connectivity index is 2.02. The summed E-state index contributed by atoms with van der Waals surface area (Å²) in [5, 5.41) is 8.38. The molecule has 2 aromatic heterocycles. The van der Waals surface area contributed by atoms with Gasteiger partial charge in [-0.25, -0.2) is 4.52 Å². The van der Waals surface area contributed by atoms with Gasteiger partial charge in [-0.05, 0) is 18.2 Å². The predicted octanol–water partition coefficient (Wildman–Crippen LogP) is 2.46. The van der Waals surface area contributed by atoms with Crippen LogP contribution >= 0.6 is 11.6 Å². The largest absolute Gasteiger partial charge is 0.319 e. The van der Waals surface area contributed by atoms with Crippen LogP contribution in [0.3, 0.4) is 0 Å². The number of hydrogen-bond donors (Lipinski definition) is 1. The molecule has 7 heteroatoms. The number of halogens is 1. The first-order valence-electron chi connectivity index (χ1n) is 6.82. The Hall–Kier alpha value is -2.99. The van der Waals surface area contributed by atoms with Crippen molar-refractivity contribution >= 4 is 33.9 Å². The van der Waals surface area contributed by atoms with E-state index in [-0.39, 0.29) is 17.0 Å². The molecule has 0 radical (unpaired) electrons. The molecule has 2 aromatic carbocycles. The Morgan fingerprint density at radius 1 is 1.13 bits per heavy atom. The van der Waals surface area contributed by atoms with Crippen LogP contribution in [0.4, 0.5) is 0 Å². The first-order chi connectivity index (χ1) is 11.1. The van der Waals surface area contributed by atoms with Gasteiger partial charge in [-0.1, -0.05) is 47.1 Å². The van der Waals surface area contributed by atoms with Crippen molar-refractivity contribution in [2.45, 2.75) is 0 Å². The van der Waals surface area contributed by atoms with Crippen molar-refractivity contribution in [2.75, 3.05) is 0 Å². The maximum absolute atomic E-state index is 12.6. The number of hydrogen-bond acceptors (Lipinski definition) is 4. The lowest BCUT2D eigenvalue weighted by Crippen LogP contribution is -2.14. The molecule has 112 valence electrons. The summed E-state index contributed by atoms with van der Waals surface area (Å²) in [5.74, 6) is -0.348. The summed E-state index contributed by atoms with van der Waals surface area (Å²) in [6.07, 6.45) is 0. The fourth-order valence-electron chi connectivity index (χ4n) is 2.51. The molecule has 1 N–H and O–H groups in total. The zero-order valence-corrected chi connectivity index (χ0v) is 12.4. The van der Waals surface area contributed by atoms with Crippen molar-refractivity contribution in [1.29, 1.82) is 0 Å². The van der Waals surface area contributed by atoms with Gasteiger partial charge in [0.1, 0.15) is 0 Å². The summed E-state index contributed by atoms with van der Waals surface area (Å²) < 4.78 is 1.36. The maximum atomic E-state index is 12.6. The molecule has 4 aromatic rings. The summed E-state index contributed by atoms with van der Waals surface area (Å²) in [6, 6.07) is 13.7. The highest BCUT2D eigenvalue weighted by Crippen LogP contribution is 2.18. The van der Waals surface area contributed by atoms with E-state index in [1.54, 1.807) is 42.5 Å². The fraction of sp³-hybridized carbons (Fsp3) is 0. The lowest BCUT2D eigenvalue weighted by molar-refractivity contribution is 0.103. The number of rotatable bonds is 2. The van der Waals surface area contributed by atoms with Crippen molar-refractivity contribution in [3.63, 3.8) is 0 Å². The van der Waals surface area contributed by atoms with Crippen LogP contribution in [0.25, 0.3) is 16.6 Å². The van der Waals surface area contributed by atoms with Gasteiger partial charge >= 0.3 is 0 Å². The number of fused-ring (bicyclic) bond motifs is 3.